The van der Waals surface area contributed by atoms with E-state index in [9.17, 15) is 9.59 Å². The first-order valence-corrected chi connectivity index (χ1v) is 14.0. The number of piperidine rings is 2. The molecule has 8 nitrogen and oxygen atoms in total. The predicted molar refractivity (Wildman–Crippen MR) is 140 cm³/mol. The van der Waals surface area contributed by atoms with E-state index >= 15 is 0 Å². The van der Waals surface area contributed by atoms with Crippen molar-refractivity contribution in [3.05, 3.63) is 52.8 Å². The molecular formula is C29H39N5O3. The van der Waals surface area contributed by atoms with E-state index in [1.165, 1.54) is 11.1 Å². The lowest BCUT2D eigenvalue weighted by Crippen LogP contribution is -2.57. The Morgan fingerprint density at radius 3 is 2.43 bits per heavy atom. The minimum atomic E-state index is -0.127. The number of rotatable bonds is 3. The van der Waals surface area contributed by atoms with Crippen molar-refractivity contribution in [2.24, 2.45) is 7.05 Å². The quantitative estimate of drug-likeness (QED) is 0.633. The molecule has 8 heteroatoms. The van der Waals surface area contributed by atoms with Gasteiger partial charge < -0.3 is 19.4 Å². The second-order valence-electron chi connectivity index (χ2n) is 11.5. The van der Waals surface area contributed by atoms with E-state index < -0.39 is 0 Å². The minimum Gasteiger partial charge on any atom is -0.450 e. The number of nitrogens with zero attached hydrogens (tertiary/aromatic N) is 5. The third kappa shape index (κ3) is 4.23. The third-order valence-corrected chi connectivity index (χ3v) is 9.52. The molecule has 37 heavy (non-hydrogen) atoms. The van der Waals surface area contributed by atoms with Crippen LogP contribution in [0.5, 0.6) is 0 Å². The van der Waals surface area contributed by atoms with Crippen molar-refractivity contribution >= 4 is 12.0 Å². The number of amides is 2. The van der Waals surface area contributed by atoms with Gasteiger partial charge in [-0.25, -0.2) is 4.79 Å². The largest absolute Gasteiger partial charge is 0.450 e. The van der Waals surface area contributed by atoms with Crippen LogP contribution in [0.4, 0.5) is 4.79 Å². The van der Waals surface area contributed by atoms with Gasteiger partial charge in [0.1, 0.15) is 0 Å². The Morgan fingerprint density at radius 2 is 1.78 bits per heavy atom. The van der Waals surface area contributed by atoms with Gasteiger partial charge in [-0.15, -0.1) is 0 Å². The Balaban J connectivity index is 1.18. The van der Waals surface area contributed by atoms with Crippen LogP contribution in [0.3, 0.4) is 0 Å². The van der Waals surface area contributed by atoms with Crippen LogP contribution in [0.15, 0.2) is 30.3 Å². The fourth-order valence-corrected chi connectivity index (χ4v) is 7.55. The highest BCUT2D eigenvalue weighted by Gasteiger charge is 2.48. The molecule has 4 aliphatic rings. The van der Waals surface area contributed by atoms with E-state index in [2.05, 4.69) is 34.3 Å². The highest BCUT2D eigenvalue weighted by atomic mass is 16.6. The Morgan fingerprint density at radius 1 is 1.08 bits per heavy atom. The summed E-state index contributed by atoms with van der Waals surface area (Å²) >= 11 is 0. The summed E-state index contributed by atoms with van der Waals surface area (Å²) in [4.78, 5) is 32.8. The molecule has 0 saturated carbocycles. The van der Waals surface area contributed by atoms with Gasteiger partial charge in [-0.2, -0.15) is 5.10 Å². The average molecular weight is 506 g/mol. The van der Waals surface area contributed by atoms with E-state index in [-0.39, 0.29) is 17.4 Å². The summed E-state index contributed by atoms with van der Waals surface area (Å²) in [6, 6.07) is 11.8. The number of ether oxygens (including phenoxy) is 1. The highest BCUT2D eigenvalue weighted by molar-refractivity contribution is 5.92. The number of benzene rings is 1. The van der Waals surface area contributed by atoms with Gasteiger partial charge >= 0.3 is 6.09 Å². The van der Waals surface area contributed by atoms with Gasteiger partial charge in [0.15, 0.2) is 5.69 Å². The number of aryl methyl sites for hydroxylation is 2. The SMILES string of the molecule is CCOC(=O)N1C2CCC1CC(N1CCC3(CC1)CN(C(=O)c1cc(C)n(C)n1)Cc1ccccc13)C2. The maximum Gasteiger partial charge on any atom is 0.410 e. The van der Waals surface area contributed by atoms with Gasteiger partial charge in [0.05, 0.1) is 6.61 Å². The lowest BCUT2D eigenvalue weighted by Gasteiger charge is -2.51. The second-order valence-corrected chi connectivity index (χ2v) is 11.5. The summed E-state index contributed by atoms with van der Waals surface area (Å²) in [7, 11) is 1.89. The lowest BCUT2D eigenvalue weighted by atomic mass is 9.68. The fraction of sp³-hybridized carbons (Fsp3) is 0.621. The number of fused-ring (bicyclic) bond motifs is 4. The number of hydrogen-bond donors (Lipinski definition) is 0. The molecule has 1 aromatic carbocycles. The molecule has 4 aliphatic heterocycles. The van der Waals surface area contributed by atoms with Crippen molar-refractivity contribution in [2.75, 3.05) is 26.2 Å². The molecule has 0 aliphatic carbocycles. The van der Waals surface area contributed by atoms with E-state index in [1.54, 1.807) is 4.68 Å². The molecule has 2 unspecified atom stereocenters. The van der Waals surface area contributed by atoms with E-state index in [0.717, 1.165) is 63.9 Å². The van der Waals surface area contributed by atoms with Crippen molar-refractivity contribution in [1.82, 2.24) is 24.5 Å². The normalized spacial score (nSPS) is 26.8. The monoisotopic (exact) mass is 505 g/mol. The first-order chi connectivity index (χ1) is 17.9. The summed E-state index contributed by atoms with van der Waals surface area (Å²) < 4.78 is 7.13. The fourth-order valence-electron chi connectivity index (χ4n) is 7.55. The van der Waals surface area contributed by atoms with Crippen molar-refractivity contribution in [1.29, 1.82) is 0 Å². The van der Waals surface area contributed by atoms with Gasteiger partial charge in [0.25, 0.3) is 5.91 Å². The van der Waals surface area contributed by atoms with Crippen LogP contribution in [0, 0.1) is 6.92 Å². The van der Waals surface area contributed by atoms with Crippen molar-refractivity contribution in [3.63, 3.8) is 0 Å². The first-order valence-electron chi connectivity index (χ1n) is 14.0. The van der Waals surface area contributed by atoms with Crippen LogP contribution in [0.2, 0.25) is 0 Å². The smallest absolute Gasteiger partial charge is 0.410 e. The van der Waals surface area contributed by atoms with Crippen LogP contribution in [0.1, 0.15) is 72.8 Å². The van der Waals surface area contributed by atoms with Crippen LogP contribution < -0.4 is 0 Å². The number of hydrogen-bond acceptors (Lipinski definition) is 5. The standard InChI is InChI=1S/C29H39N5O3/c1-4-37-28(36)34-22-9-10-23(34)17-24(16-22)32-13-11-29(12-14-32)19-33(18-21-7-5-6-8-25(21)29)27(35)26-15-20(2)31(3)30-26/h5-8,15,22-24H,4,9-14,16-19H2,1-3H3. The molecule has 198 valence electrons. The van der Waals surface area contributed by atoms with Crippen molar-refractivity contribution in [3.8, 4) is 0 Å². The summed E-state index contributed by atoms with van der Waals surface area (Å²) in [6.45, 7) is 7.75. The molecule has 3 saturated heterocycles. The van der Waals surface area contributed by atoms with E-state index in [0.29, 0.717) is 37.0 Å². The van der Waals surface area contributed by atoms with Gasteiger partial charge in [-0.1, -0.05) is 24.3 Å². The van der Waals surface area contributed by atoms with Gasteiger partial charge in [-0.3, -0.25) is 9.48 Å². The molecule has 3 fully saturated rings. The molecule has 2 amide bonds. The molecule has 0 radical (unpaired) electrons. The Kier molecular flexibility index (Phi) is 6.25. The van der Waals surface area contributed by atoms with E-state index in [4.69, 9.17) is 4.74 Å². The zero-order valence-electron chi connectivity index (χ0n) is 22.4. The van der Waals surface area contributed by atoms with Crippen LogP contribution in [-0.2, 0) is 23.7 Å². The number of carbonyl (C=O) groups is 2. The number of carbonyl (C=O) groups excluding carboxylic acids is 2. The van der Waals surface area contributed by atoms with Crippen LogP contribution in [-0.4, -0.2) is 80.8 Å². The molecule has 6 rings (SSSR count). The molecule has 0 N–H and O–H groups in total. The van der Waals surface area contributed by atoms with Crippen LogP contribution in [0.25, 0.3) is 0 Å². The molecule has 2 aromatic rings. The number of likely N-dealkylation sites (tertiary alicyclic amines) is 1. The van der Waals surface area contributed by atoms with Crippen LogP contribution >= 0.6 is 0 Å². The topological polar surface area (TPSA) is 70.9 Å². The van der Waals surface area contributed by atoms with Gasteiger partial charge in [0, 0.05) is 49.4 Å². The minimum absolute atomic E-state index is 0.0184. The van der Waals surface area contributed by atoms with Gasteiger partial charge in [0.2, 0.25) is 0 Å². The van der Waals surface area contributed by atoms with Crippen molar-refractivity contribution in [2.45, 2.75) is 82.5 Å². The Bertz CT molecular complexity index is 1150. The van der Waals surface area contributed by atoms with E-state index in [1.807, 2.05) is 36.8 Å². The second kappa shape index (κ2) is 9.46. The first kappa shape index (κ1) is 24.5. The number of aromatic nitrogens is 2. The predicted octanol–water partition coefficient (Wildman–Crippen LogP) is 3.87. The Labute approximate surface area is 219 Å². The Hall–Kier alpha value is -2.87. The van der Waals surface area contributed by atoms with Gasteiger partial charge in [-0.05, 0) is 82.7 Å². The zero-order valence-corrected chi connectivity index (χ0v) is 22.4. The highest BCUT2D eigenvalue weighted by Crippen LogP contribution is 2.44. The van der Waals surface area contributed by atoms with Crippen molar-refractivity contribution < 1.29 is 14.3 Å². The third-order valence-electron chi connectivity index (χ3n) is 9.52. The maximum absolute atomic E-state index is 13.5. The molecule has 1 spiro atoms. The summed E-state index contributed by atoms with van der Waals surface area (Å²) in [6.07, 6.45) is 6.23. The lowest BCUT2D eigenvalue weighted by molar-refractivity contribution is 0.0191. The molecular weight excluding hydrogens is 466 g/mol. The average Bonchev–Trinajstić information content (AvgIpc) is 3.38. The summed E-state index contributed by atoms with van der Waals surface area (Å²) in [5.74, 6) is 0.0305. The maximum atomic E-state index is 13.5. The molecule has 5 heterocycles. The summed E-state index contributed by atoms with van der Waals surface area (Å²) in [5.41, 5.74) is 4.20. The molecule has 2 atom stereocenters. The molecule has 1 aromatic heterocycles. The molecule has 2 bridgehead atoms. The summed E-state index contributed by atoms with van der Waals surface area (Å²) in [5, 5.41) is 4.48. The zero-order chi connectivity index (χ0) is 25.7.